The summed E-state index contributed by atoms with van der Waals surface area (Å²) in [6.07, 6.45) is 9.31. The molecule has 0 bridgehead atoms. The lowest BCUT2D eigenvalue weighted by molar-refractivity contribution is -0.146. The van der Waals surface area contributed by atoms with Crippen LogP contribution in [0.4, 0.5) is 0 Å². The molecule has 4 heteroatoms. The Balaban J connectivity index is 1.36. The summed E-state index contributed by atoms with van der Waals surface area (Å²) in [7, 11) is 0. The van der Waals surface area contributed by atoms with Crippen molar-refractivity contribution in [1.82, 2.24) is 0 Å². The van der Waals surface area contributed by atoms with Crippen LogP contribution in [0.25, 0.3) is 0 Å². The van der Waals surface area contributed by atoms with Crippen molar-refractivity contribution < 1.29 is 19.1 Å². The summed E-state index contributed by atoms with van der Waals surface area (Å²) >= 11 is 0. The van der Waals surface area contributed by atoms with Gasteiger partial charge in [-0.15, -0.1) is 0 Å². The molecule has 0 atom stereocenters. The van der Waals surface area contributed by atoms with Gasteiger partial charge in [0, 0.05) is 12.8 Å². The van der Waals surface area contributed by atoms with Crippen molar-refractivity contribution in [2.45, 2.75) is 76.4 Å². The van der Waals surface area contributed by atoms with E-state index in [2.05, 4.69) is 0 Å². The minimum atomic E-state index is -0.0642. The van der Waals surface area contributed by atoms with E-state index in [1.165, 1.54) is 0 Å². The van der Waals surface area contributed by atoms with E-state index in [0.29, 0.717) is 12.8 Å². The first-order valence-corrected chi connectivity index (χ1v) is 7.13. The predicted molar refractivity (Wildman–Crippen MR) is 65.9 cm³/mol. The fourth-order valence-electron chi connectivity index (χ4n) is 1.75. The minimum Gasteiger partial charge on any atom is -0.462 e. The molecule has 0 aromatic heterocycles. The predicted octanol–water partition coefficient (Wildman–Crippen LogP) is 2.74. The van der Waals surface area contributed by atoms with Crippen molar-refractivity contribution in [2.75, 3.05) is 0 Å². The topological polar surface area (TPSA) is 52.6 Å². The van der Waals surface area contributed by atoms with Gasteiger partial charge in [-0.25, -0.2) is 0 Å². The van der Waals surface area contributed by atoms with Gasteiger partial charge in [0.1, 0.15) is 12.2 Å². The number of carbonyl (C=O) groups is 2. The summed E-state index contributed by atoms with van der Waals surface area (Å²) in [5, 5.41) is 0. The highest BCUT2D eigenvalue weighted by atomic mass is 16.6. The van der Waals surface area contributed by atoms with Crippen molar-refractivity contribution in [3.05, 3.63) is 0 Å². The normalized spacial score (nSPS) is 18.4. The third kappa shape index (κ3) is 6.03. The van der Waals surface area contributed by atoms with E-state index in [1.807, 2.05) is 0 Å². The molecule has 0 N–H and O–H groups in total. The summed E-state index contributed by atoms with van der Waals surface area (Å²) in [6, 6.07) is 0. The maximum absolute atomic E-state index is 11.3. The van der Waals surface area contributed by atoms with Crippen LogP contribution in [0.1, 0.15) is 64.2 Å². The van der Waals surface area contributed by atoms with Crippen LogP contribution in [0.2, 0.25) is 0 Å². The number of hydrogen-bond acceptors (Lipinski definition) is 4. The fraction of sp³-hybridized carbons (Fsp3) is 0.857. The third-order valence-electron chi connectivity index (χ3n) is 3.16. The average molecular weight is 254 g/mol. The average Bonchev–Trinajstić information content (AvgIpc) is 3.19. The van der Waals surface area contributed by atoms with Crippen LogP contribution >= 0.6 is 0 Å². The molecular weight excluding hydrogens is 232 g/mol. The summed E-state index contributed by atoms with van der Waals surface area (Å²) in [6.45, 7) is 0. The Morgan fingerprint density at radius 1 is 0.722 bits per heavy atom. The Morgan fingerprint density at radius 3 is 1.44 bits per heavy atom. The van der Waals surface area contributed by atoms with Crippen molar-refractivity contribution in [2.24, 2.45) is 0 Å². The van der Waals surface area contributed by atoms with Crippen LogP contribution in [-0.2, 0) is 19.1 Å². The van der Waals surface area contributed by atoms with E-state index in [-0.39, 0.29) is 24.1 Å². The molecule has 2 fully saturated rings. The number of ether oxygens (including phenoxy) is 2. The molecule has 2 saturated carbocycles. The van der Waals surface area contributed by atoms with Gasteiger partial charge in [-0.1, -0.05) is 12.8 Å². The lowest BCUT2D eigenvalue weighted by Gasteiger charge is -2.04. The van der Waals surface area contributed by atoms with Crippen LogP contribution in [0, 0.1) is 0 Å². The van der Waals surface area contributed by atoms with Gasteiger partial charge in [0.15, 0.2) is 0 Å². The van der Waals surface area contributed by atoms with Crippen LogP contribution in [-0.4, -0.2) is 24.1 Å². The first kappa shape index (κ1) is 13.4. The van der Waals surface area contributed by atoms with Gasteiger partial charge in [-0.05, 0) is 38.5 Å². The Morgan fingerprint density at radius 2 is 1.11 bits per heavy atom. The zero-order valence-electron chi connectivity index (χ0n) is 10.9. The highest BCUT2D eigenvalue weighted by Gasteiger charge is 2.26. The molecule has 2 aliphatic carbocycles. The maximum Gasteiger partial charge on any atom is 0.306 e. The molecule has 2 rings (SSSR count). The van der Waals surface area contributed by atoms with Crippen molar-refractivity contribution in [3.63, 3.8) is 0 Å². The Kier molecular flexibility index (Phi) is 5.02. The molecular formula is C14H22O4. The smallest absolute Gasteiger partial charge is 0.306 e. The molecule has 0 saturated heterocycles. The number of esters is 2. The van der Waals surface area contributed by atoms with Crippen LogP contribution < -0.4 is 0 Å². The molecule has 18 heavy (non-hydrogen) atoms. The van der Waals surface area contributed by atoms with Crippen LogP contribution in [0.15, 0.2) is 0 Å². The monoisotopic (exact) mass is 254 g/mol. The molecule has 102 valence electrons. The zero-order chi connectivity index (χ0) is 12.8. The van der Waals surface area contributed by atoms with Gasteiger partial charge in [0.25, 0.3) is 0 Å². The lowest BCUT2D eigenvalue weighted by Crippen LogP contribution is -2.06. The summed E-state index contributed by atoms with van der Waals surface area (Å²) < 4.78 is 10.3. The second-order valence-electron chi connectivity index (χ2n) is 5.29. The van der Waals surface area contributed by atoms with Gasteiger partial charge in [-0.2, -0.15) is 0 Å². The van der Waals surface area contributed by atoms with E-state index in [9.17, 15) is 9.59 Å². The van der Waals surface area contributed by atoms with Crippen molar-refractivity contribution in [3.8, 4) is 0 Å². The van der Waals surface area contributed by atoms with E-state index in [0.717, 1.165) is 51.4 Å². The summed E-state index contributed by atoms with van der Waals surface area (Å²) in [5.74, 6) is -0.128. The fourth-order valence-corrected chi connectivity index (χ4v) is 1.75. The molecule has 0 heterocycles. The van der Waals surface area contributed by atoms with Crippen molar-refractivity contribution in [1.29, 1.82) is 0 Å². The Labute approximate surface area is 108 Å². The van der Waals surface area contributed by atoms with E-state index >= 15 is 0 Å². The lowest BCUT2D eigenvalue weighted by atomic mass is 10.1. The van der Waals surface area contributed by atoms with E-state index in [4.69, 9.17) is 9.47 Å². The molecule has 2 aliphatic rings. The number of unbranched alkanes of at least 4 members (excludes halogenated alkanes) is 3. The second kappa shape index (κ2) is 6.76. The zero-order valence-corrected chi connectivity index (χ0v) is 10.9. The molecule has 0 aliphatic heterocycles. The highest BCUT2D eigenvalue weighted by molar-refractivity contribution is 5.70. The molecule has 0 radical (unpaired) electrons. The van der Waals surface area contributed by atoms with Gasteiger partial charge in [-0.3, -0.25) is 9.59 Å². The quantitative estimate of drug-likeness (QED) is 0.469. The van der Waals surface area contributed by atoms with Crippen molar-refractivity contribution >= 4 is 11.9 Å². The van der Waals surface area contributed by atoms with Gasteiger partial charge in [0.05, 0.1) is 0 Å². The molecule has 0 aromatic rings. The number of hydrogen-bond donors (Lipinski definition) is 0. The summed E-state index contributed by atoms with van der Waals surface area (Å²) in [4.78, 5) is 22.5. The third-order valence-corrected chi connectivity index (χ3v) is 3.16. The molecule has 0 unspecified atom stereocenters. The Hall–Kier alpha value is -1.06. The van der Waals surface area contributed by atoms with Gasteiger partial charge < -0.3 is 9.47 Å². The standard InChI is InChI=1S/C14H22O4/c15-13(17-11-7-8-11)5-3-1-2-4-6-14(16)18-12-9-10-12/h11-12H,1-10H2. The molecule has 0 spiro atoms. The summed E-state index contributed by atoms with van der Waals surface area (Å²) in [5.41, 5.74) is 0. The molecule has 4 nitrogen and oxygen atoms in total. The molecule has 0 aromatic carbocycles. The van der Waals surface area contributed by atoms with E-state index in [1.54, 1.807) is 0 Å². The van der Waals surface area contributed by atoms with Gasteiger partial charge >= 0.3 is 11.9 Å². The highest BCUT2D eigenvalue weighted by Crippen LogP contribution is 2.25. The Bertz CT molecular complexity index is 262. The first-order chi connectivity index (χ1) is 8.74. The van der Waals surface area contributed by atoms with Crippen LogP contribution in [0.5, 0.6) is 0 Å². The number of rotatable bonds is 9. The molecule has 0 amide bonds. The van der Waals surface area contributed by atoms with Gasteiger partial charge in [0.2, 0.25) is 0 Å². The van der Waals surface area contributed by atoms with Crippen LogP contribution in [0.3, 0.4) is 0 Å². The SMILES string of the molecule is O=C(CCCCCCC(=O)OC1CC1)OC1CC1. The first-order valence-electron chi connectivity index (χ1n) is 7.13. The minimum absolute atomic E-state index is 0.0642. The largest absolute Gasteiger partial charge is 0.462 e. The maximum atomic E-state index is 11.3. The van der Waals surface area contributed by atoms with E-state index < -0.39 is 0 Å². The number of carbonyl (C=O) groups excluding carboxylic acids is 2. The second-order valence-corrected chi connectivity index (χ2v) is 5.29.